The second-order valence-electron chi connectivity index (χ2n) is 0.408. The number of rotatable bonds is 0. The second-order valence-corrected chi connectivity index (χ2v) is 1.22. The zero-order chi connectivity index (χ0) is 4.50. The van der Waals surface area contributed by atoms with Crippen molar-refractivity contribution in [3.8, 4) is 0 Å². The van der Waals surface area contributed by atoms with Crippen LogP contribution >= 0.6 is 0 Å². The first kappa shape index (κ1) is 34.7. The first-order valence-electron chi connectivity index (χ1n) is 0.667. The van der Waals surface area contributed by atoms with Crippen molar-refractivity contribution in [2.24, 2.45) is 0 Å². The van der Waals surface area contributed by atoms with Gasteiger partial charge in [0.15, 0.2) is 0 Å². The molecule has 0 spiro atoms. The van der Waals surface area contributed by atoms with Crippen molar-refractivity contribution in [1.82, 2.24) is 0 Å². The zero-order valence-electron chi connectivity index (χ0n) is 4.18. The SMILES string of the molecule is O=S(=O)([O-])[O-].[Cr+2].[OH3+].[OH3+].[OH3+]. The largest absolute Gasteiger partial charge is 2.00 e. The molecule has 0 saturated carbocycles. The number of hydrogen-bond acceptors (Lipinski definition) is 4. The molecule has 9 heavy (non-hydrogen) atoms. The van der Waals surface area contributed by atoms with Gasteiger partial charge < -0.3 is 25.5 Å². The quantitative estimate of drug-likeness (QED) is 0.221. The third kappa shape index (κ3) is 4100. The Labute approximate surface area is 62.3 Å². The molecule has 0 aromatic heterocycles. The summed E-state index contributed by atoms with van der Waals surface area (Å²) in [4.78, 5) is 0. The molecule has 0 fully saturated rings. The van der Waals surface area contributed by atoms with Crippen molar-refractivity contribution in [3.05, 3.63) is 0 Å². The van der Waals surface area contributed by atoms with E-state index in [2.05, 4.69) is 0 Å². The Morgan fingerprint density at radius 2 is 0.889 bits per heavy atom. The van der Waals surface area contributed by atoms with E-state index in [0.29, 0.717) is 0 Å². The smallest absolute Gasteiger partial charge is 0.759 e. The van der Waals surface area contributed by atoms with E-state index < -0.39 is 10.4 Å². The fourth-order valence-electron chi connectivity index (χ4n) is 0. The molecule has 0 aromatic carbocycles. The molecule has 0 heterocycles. The van der Waals surface area contributed by atoms with Gasteiger partial charge in [0.1, 0.15) is 0 Å². The fourth-order valence-corrected chi connectivity index (χ4v) is 0. The molecular formula is H9CrO7S+3. The second kappa shape index (κ2) is 11.1. The van der Waals surface area contributed by atoms with Gasteiger partial charge in [0.2, 0.25) is 0 Å². The molecule has 0 aromatic rings. The summed E-state index contributed by atoms with van der Waals surface area (Å²) in [5.74, 6) is 0. The van der Waals surface area contributed by atoms with Crippen molar-refractivity contribution in [2.75, 3.05) is 0 Å². The van der Waals surface area contributed by atoms with Crippen LogP contribution in [0.1, 0.15) is 0 Å². The maximum absolute atomic E-state index is 8.52. The summed E-state index contributed by atoms with van der Waals surface area (Å²) in [5, 5.41) is 0. The fraction of sp³-hybridized carbons (Fsp3) is 0. The Morgan fingerprint density at radius 3 is 0.889 bits per heavy atom. The third-order valence-corrected chi connectivity index (χ3v) is 0. The molecule has 60 valence electrons. The molecule has 9 heteroatoms. The van der Waals surface area contributed by atoms with Crippen LogP contribution in [-0.2, 0) is 44.2 Å². The topological polar surface area (TPSA) is 179 Å². The van der Waals surface area contributed by atoms with Crippen molar-refractivity contribution >= 4 is 10.4 Å². The Morgan fingerprint density at radius 1 is 0.889 bits per heavy atom. The van der Waals surface area contributed by atoms with Crippen LogP contribution in [0, 0.1) is 0 Å². The van der Waals surface area contributed by atoms with Crippen LogP contribution in [0.15, 0.2) is 0 Å². The molecule has 0 rings (SSSR count). The van der Waals surface area contributed by atoms with Crippen molar-refractivity contribution in [3.63, 3.8) is 0 Å². The van der Waals surface area contributed by atoms with Crippen LogP contribution in [-0.4, -0.2) is 17.5 Å². The van der Waals surface area contributed by atoms with Gasteiger partial charge in [-0.25, -0.2) is 0 Å². The van der Waals surface area contributed by atoms with Gasteiger partial charge in [-0.15, -0.1) is 0 Å². The maximum Gasteiger partial charge on any atom is 2.00 e. The molecule has 0 radical (unpaired) electrons. The molecule has 9 N–H and O–H groups in total. The van der Waals surface area contributed by atoms with Crippen LogP contribution in [0.2, 0.25) is 0 Å². The minimum Gasteiger partial charge on any atom is -0.759 e. The van der Waals surface area contributed by atoms with Gasteiger partial charge >= 0.3 is 17.4 Å². The third-order valence-electron chi connectivity index (χ3n) is 0. The standard InChI is InChI=1S/Cr.H2O4S.3H2O/c;1-5(2,3)4;;;/h;(H2,1,2,3,4);3*1H2/q+2;;;;/p+1. The molecule has 7 nitrogen and oxygen atoms in total. The van der Waals surface area contributed by atoms with E-state index >= 15 is 0 Å². The van der Waals surface area contributed by atoms with Crippen LogP contribution in [0.3, 0.4) is 0 Å². The van der Waals surface area contributed by atoms with E-state index in [1.165, 1.54) is 0 Å². The van der Waals surface area contributed by atoms with Gasteiger partial charge in [0.05, 0.1) is 0 Å². The van der Waals surface area contributed by atoms with Gasteiger partial charge in [0, 0.05) is 10.4 Å². The van der Waals surface area contributed by atoms with E-state index in [1.807, 2.05) is 0 Å². The molecule has 0 aliphatic rings. The van der Waals surface area contributed by atoms with Crippen LogP contribution in [0.5, 0.6) is 0 Å². The predicted octanol–water partition coefficient (Wildman–Crippen LogP) is -4.11. The minimum atomic E-state index is -5.17. The first-order chi connectivity index (χ1) is 2.00. The Balaban J connectivity index is -0.0000000133. The normalized spacial score (nSPS) is 6.44. The average molecular weight is 205 g/mol. The molecule has 0 unspecified atom stereocenters. The van der Waals surface area contributed by atoms with Gasteiger partial charge in [-0.2, -0.15) is 0 Å². The number of hydrogen-bond donors (Lipinski definition) is 0. The molecule has 0 aliphatic carbocycles. The Hall–Kier alpha value is 0.282. The van der Waals surface area contributed by atoms with Gasteiger partial charge in [-0.05, 0) is 0 Å². The Kier molecular flexibility index (Phi) is 42.9. The van der Waals surface area contributed by atoms with E-state index in [0.717, 1.165) is 0 Å². The maximum atomic E-state index is 8.52. The predicted molar refractivity (Wildman–Crippen MR) is 25.1 cm³/mol. The van der Waals surface area contributed by atoms with Crippen molar-refractivity contribution in [1.29, 1.82) is 0 Å². The summed E-state index contributed by atoms with van der Waals surface area (Å²) in [6.07, 6.45) is 0. The first-order valence-corrected chi connectivity index (χ1v) is 2.00. The van der Waals surface area contributed by atoms with Gasteiger partial charge in [0.25, 0.3) is 0 Å². The van der Waals surface area contributed by atoms with Crippen LogP contribution in [0.25, 0.3) is 0 Å². The van der Waals surface area contributed by atoms with Gasteiger partial charge in [-0.3, -0.25) is 8.42 Å². The van der Waals surface area contributed by atoms with E-state index in [4.69, 9.17) is 17.5 Å². The summed E-state index contributed by atoms with van der Waals surface area (Å²) in [5.41, 5.74) is 0. The molecule has 0 aliphatic heterocycles. The average Bonchev–Trinajstić information content (AvgIpc) is 0.722. The van der Waals surface area contributed by atoms with Gasteiger partial charge in [-0.1, -0.05) is 0 Å². The summed E-state index contributed by atoms with van der Waals surface area (Å²) in [6.45, 7) is 0. The van der Waals surface area contributed by atoms with E-state index in [1.54, 1.807) is 0 Å². The molecule has 0 amide bonds. The van der Waals surface area contributed by atoms with E-state index in [9.17, 15) is 0 Å². The summed E-state index contributed by atoms with van der Waals surface area (Å²) in [6, 6.07) is 0. The monoisotopic (exact) mass is 205 g/mol. The summed E-state index contributed by atoms with van der Waals surface area (Å²) < 4.78 is 34.1. The van der Waals surface area contributed by atoms with Crippen molar-refractivity contribution < 1.29 is 51.3 Å². The molecule has 0 bridgehead atoms. The molecule has 0 atom stereocenters. The van der Waals surface area contributed by atoms with Crippen LogP contribution in [0.4, 0.5) is 0 Å². The molecule has 0 saturated heterocycles. The summed E-state index contributed by atoms with van der Waals surface area (Å²) >= 11 is 0. The van der Waals surface area contributed by atoms with Crippen molar-refractivity contribution in [2.45, 2.75) is 0 Å². The minimum absolute atomic E-state index is 0. The summed E-state index contributed by atoms with van der Waals surface area (Å²) in [7, 11) is -5.17. The van der Waals surface area contributed by atoms with E-state index in [-0.39, 0.29) is 33.8 Å². The Bertz CT molecular complexity index is 92.1. The molecular weight excluding hydrogens is 196 g/mol. The zero-order valence-corrected chi connectivity index (χ0v) is 6.27. The van der Waals surface area contributed by atoms with Crippen LogP contribution < -0.4 is 0 Å².